The summed E-state index contributed by atoms with van der Waals surface area (Å²) < 4.78 is 0. The minimum atomic E-state index is -0.167. The van der Waals surface area contributed by atoms with Gasteiger partial charge in [-0.2, -0.15) is 0 Å². The summed E-state index contributed by atoms with van der Waals surface area (Å²) in [5.74, 6) is 0. The van der Waals surface area contributed by atoms with Gasteiger partial charge in [-0.25, -0.2) is 0 Å². The van der Waals surface area contributed by atoms with E-state index in [9.17, 15) is 0 Å². The molecule has 7 heavy (non-hydrogen) atoms. The van der Waals surface area contributed by atoms with Crippen molar-refractivity contribution in [2.75, 3.05) is 0 Å². The first-order valence-corrected chi connectivity index (χ1v) is 8.02. The van der Waals surface area contributed by atoms with E-state index < -0.39 is 0 Å². The Morgan fingerprint density at radius 2 is 1.43 bits per heavy atom. The molecule has 0 spiro atoms. The zero-order chi connectivity index (χ0) is 6.28. The van der Waals surface area contributed by atoms with Crippen LogP contribution < -0.4 is 0 Å². The Hall–Kier alpha value is 1.91. The zero-order valence-corrected chi connectivity index (χ0v) is 9.40. The van der Waals surface area contributed by atoms with Crippen molar-refractivity contribution in [3.8, 4) is 0 Å². The first-order valence-electron chi connectivity index (χ1n) is 1.65. The third-order valence-electron chi connectivity index (χ3n) is 0. The van der Waals surface area contributed by atoms with Crippen LogP contribution in [0.3, 0.4) is 0 Å². The van der Waals surface area contributed by atoms with Crippen LogP contribution in [0.2, 0.25) is 0 Å². The van der Waals surface area contributed by atoms with Gasteiger partial charge in [0, 0.05) is 6.10 Å². The molecule has 1 N–H and O–H groups in total. The van der Waals surface area contributed by atoms with Crippen molar-refractivity contribution < 1.29 is 13.2 Å². The van der Waals surface area contributed by atoms with E-state index in [1.807, 2.05) is 0 Å². The maximum atomic E-state index is 8.06. The molecule has 0 aliphatic rings. The van der Waals surface area contributed by atoms with Crippen molar-refractivity contribution in [3.05, 3.63) is 0 Å². The van der Waals surface area contributed by atoms with E-state index >= 15 is 0 Å². The average Bonchev–Trinajstić information content (AvgIpc) is 1.33. The molecule has 0 saturated carbocycles. The van der Waals surface area contributed by atoms with Crippen molar-refractivity contribution in [3.63, 3.8) is 0 Å². The second kappa shape index (κ2) is 10.8. The predicted octanol–water partition coefficient (Wildman–Crippen LogP) is 2.16. The molecule has 0 aromatic heterocycles. The van der Waals surface area contributed by atoms with Gasteiger partial charge in [0.25, 0.3) is 0 Å². The number of aliphatic hydroxyl groups is 1. The quantitative estimate of drug-likeness (QED) is 0.510. The van der Waals surface area contributed by atoms with Gasteiger partial charge in [0.2, 0.25) is 0 Å². The van der Waals surface area contributed by atoms with E-state index in [0.29, 0.717) is 0 Å². The summed E-state index contributed by atoms with van der Waals surface area (Å²) in [4.78, 5) is 0. The first-order chi connectivity index (χ1) is 3.15. The fourth-order valence-electron chi connectivity index (χ4n) is 0. The maximum absolute atomic E-state index is 8.06. The van der Waals surface area contributed by atoms with E-state index in [4.69, 9.17) is 5.11 Å². The third kappa shape index (κ3) is 75.6. The fourth-order valence-corrected chi connectivity index (χ4v) is 0. The van der Waals surface area contributed by atoms with Crippen molar-refractivity contribution >= 4 is 41.0 Å². The van der Waals surface area contributed by atoms with Gasteiger partial charge in [0.1, 0.15) is 0 Å². The Bertz CT molecular complexity index is 24.1. The predicted molar refractivity (Wildman–Crippen MR) is 45.4 cm³/mol. The van der Waals surface area contributed by atoms with Crippen LogP contribution in [0.15, 0.2) is 0 Å². The second-order valence-corrected chi connectivity index (χ2v) is 9.48. The molecule has 0 radical (unpaired) electrons. The third-order valence-corrected chi connectivity index (χ3v) is 0. The Kier molecular flexibility index (Phi) is 18.0. The summed E-state index contributed by atoms with van der Waals surface area (Å²) in [5.41, 5.74) is 0. The van der Waals surface area contributed by atoms with Gasteiger partial charge in [-0.3, -0.25) is 0 Å². The molecule has 4 heteroatoms. The van der Waals surface area contributed by atoms with Crippen molar-refractivity contribution in [2.24, 2.45) is 0 Å². The Balaban J connectivity index is 0. The van der Waals surface area contributed by atoms with Crippen LogP contribution in [0.1, 0.15) is 13.8 Å². The Labute approximate surface area is 73.2 Å². The number of aliphatic hydroxyl groups excluding tert-OH is 1. The molecule has 0 atom stereocenters. The molecule has 0 aliphatic heterocycles. The molecule has 0 bridgehead atoms. The van der Waals surface area contributed by atoms with Crippen LogP contribution in [-0.4, -0.2) is 11.2 Å². The number of rotatable bonds is 0. The van der Waals surface area contributed by atoms with Crippen LogP contribution in [0, 0.1) is 0 Å². The normalized spacial score (nSPS) is 8.29. The Morgan fingerprint density at radius 3 is 1.43 bits per heavy atom. The SMILES string of the molecule is CC(C)O.[I][Ni][I]. The summed E-state index contributed by atoms with van der Waals surface area (Å²) in [7, 11) is 1.56. The number of hydrogen-bond donors (Lipinski definition) is 1. The number of hydrogen-bond acceptors (Lipinski definition) is 1. The van der Waals surface area contributed by atoms with Gasteiger partial charge in [0.05, 0.1) is 0 Å². The van der Waals surface area contributed by atoms with E-state index in [2.05, 4.69) is 41.0 Å². The molecular weight excluding hydrogens is 365 g/mol. The summed E-state index contributed by atoms with van der Waals surface area (Å²) in [6, 6.07) is 0. The molecule has 0 amide bonds. The molecule has 0 aromatic rings. The Morgan fingerprint density at radius 1 is 1.43 bits per heavy atom. The van der Waals surface area contributed by atoms with Crippen LogP contribution in [0.5, 0.6) is 0 Å². The monoisotopic (exact) mass is 372 g/mol. The molecule has 0 fully saturated rings. The van der Waals surface area contributed by atoms with Crippen molar-refractivity contribution in [2.45, 2.75) is 20.0 Å². The van der Waals surface area contributed by atoms with E-state index in [1.54, 1.807) is 21.9 Å². The van der Waals surface area contributed by atoms with Gasteiger partial charge in [-0.1, -0.05) is 0 Å². The second-order valence-electron chi connectivity index (χ2n) is 1.14. The van der Waals surface area contributed by atoms with E-state index in [0.717, 1.165) is 0 Å². The summed E-state index contributed by atoms with van der Waals surface area (Å²) in [6.45, 7) is 3.44. The molecule has 0 heterocycles. The van der Waals surface area contributed by atoms with Gasteiger partial charge >= 0.3 is 49.0 Å². The van der Waals surface area contributed by atoms with Crippen LogP contribution >= 0.6 is 41.0 Å². The van der Waals surface area contributed by atoms with Crippen molar-refractivity contribution in [1.29, 1.82) is 0 Å². The summed E-state index contributed by atoms with van der Waals surface area (Å²) >= 11 is 4.43. The zero-order valence-electron chi connectivity index (χ0n) is 4.10. The molecule has 0 aliphatic carbocycles. The van der Waals surface area contributed by atoms with Crippen molar-refractivity contribution in [1.82, 2.24) is 0 Å². The first kappa shape index (κ1) is 11.7. The number of halogens is 2. The molecule has 1 nitrogen and oxygen atoms in total. The fraction of sp³-hybridized carbons (Fsp3) is 1.00. The molecule has 0 rings (SSSR count). The van der Waals surface area contributed by atoms with Gasteiger partial charge < -0.3 is 5.11 Å². The van der Waals surface area contributed by atoms with Crippen LogP contribution in [-0.2, 0) is 8.07 Å². The molecule has 0 saturated heterocycles. The molecule has 50 valence electrons. The minimum absolute atomic E-state index is 0.167. The summed E-state index contributed by atoms with van der Waals surface area (Å²) in [5, 5.41) is 8.06. The van der Waals surface area contributed by atoms with E-state index in [1.165, 1.54) is 0 Å². The summed E-state index contributed by atoms with van der Waals surface area (Å²) in [6.07, 6.45) is -0.167. The topological polar surface area (TPSA) is 20.2 Å². The molecule has 0 aromatic carbocycles. The van der Waals surface area contributed by atoms with Crippen LogP contribution in [0.4, 0.5) is 0 Å². The van der Waals surface area contributed by atoms with E-state index in [-0.39, 0.29) is 6.10 Å². The van der Waals surface area contributed by atoms with Gasteiger partial charge in [0.15, 0.2) is 0 Å². The van der Waals surface area contributed by atoms with Gasteiger partial charge in [-0.15, -0.1) is 0 Å². The average molecular weight is 373 g/mol. The van der Waals surface area contributed by atoms with Gasteiger partial charge in [-0.05, 0) is 13.8 Å². The van der Waals surface area contributed by atoms with Crippen LogP contribution in [0.25, 0.3) is 0 Å². The molecule has 0 unspecified atom stereocenters. The standard InChI is InChI=1S/C3H8O.2HI.Ni/c1-3(2)4;;;/h3-4H,1-2H3;2*1H;/q;;;+2/p-2. The molecular formula is C3H8I2NiO.